The number of urea groups is 1. The lowest BCUT2D eigenvalue weighted by Crippen LogP contribution is -2.64. The summed E-state index contributed by atoms with van der Waals surface area (Å²) in [5.41, 5.74) is -3.33. The molecule has 9 heteroatoms. The second-order valence-corrected chi connectivity index (χ2v) is 4.13. The molecule has 0 aliphatic heterocycles. The molecule has 0 bridgehead atoms. The predicted octanol–water partition coefficient (Wildman–Crippen LogP) is 1.46. The van der Waals surface area contributed by atoms with Crippen LogP contribution in [-0.4, -0.2) is 60.0 Å². The molecule has 0 spiro atoms. The van der Waals surface area contributed by atoms with Gasteiger partial charge in [0, 0.05) is 19.7 Å². The summed E-state index contributed by atoms with van der Waals surface area (Å²) in [4.78, 5) is 23.6. The number of nitrogens with zero attached hydrogens (tertiary/aromatic N) is 1. The molecule has 1 atom stereocenters. The Morgan fingerprint density at radius 3 is 2.20 bits per heavy atom. The van der Waals surface area contributed by atoms with Crippen LogP contribution in [0.2, 0.25) is 0 Å². The molecule has 0 aromatic carbocycles. The van der Waals surface area contributed by atoms with Crippen molar-refractivity contribution in [1.82, 2.24) is 10.2 Å². The highest BCUT2D eigenvalue weighted by atomic mass is 19.4. The Morgan fingerprint density at radius 1 is 1.30 bits per heavy atom. The number of carboxylic acid groups (broad SMARTS) is 1. The maximum atomic E-state index is 12.8. The molecule has 118 valence electrons. The fourth-order valence-corrected chi connectivity index (χ4v) is 1.26. The minimum Gasteiger partial charge on any atom is -0.479 e. The van der Waals surface area contributed by atoms with Gasteiger partial charge in [-0.15, -0.1) is 0 Å². The van der Waals surface area contributed by atoms with E-state index in [1.807, 2.05) is 0 Å². The molecule has 0 fully saturated rings. The first-order valence-electron chi connectivity index (χ1n) is 6.05. The number of alkyl halides is 3. The molecule has 0 aromatic heterocycles. The molecule has 0 aliphatic carbocycles. The van der Waals surface area contributed by atoms with Crippen LogP contribution in [0, 0.1) is 0 Å². The summed E-state index contributed by atoms with van der Waals surface area (Å²) in [6.45, 7) is 4.49. The Morgan fingerprint density at radius 2 is 1.85 bits per heavy atom. The van der Waals surface area contributed by atoms with Crippen LogP contribution in [0.4, 0.5) is 18.0 Å². The van der Waals surface area contributed by atoms with Gasteiger partial charge in [0.1, 0.15) is 0 Å². The van der Waals surface area contributed by atoms with E-state index in [1.165, 1.54) is 5.32 Å². The molecule has 0 aliphatic rings. The zero-order valence-electron chi connectivity index (χ0n) is 11.6. The van der Waals surface area contributed by atoms with E-state index < -0.39 is 23.7 Å². The third kappa shape index (κ3) is 4.55. The van der Waals surface area contributed by atoms with E-state index in [4.69, 9.17) is 9.84 Å². The van der Waals surface area contributed by atoms with Gasteiger partial charge in [0.05, 0.1) is 6.61 Å². The van der Waals surface area contributed by atoms with Gasteiger partial charge in [-0.2, -0.15) is 13.2 Å². The number of likely N-dealkylation sites (N-methyl/N-ethyl adjacent to an activating group) is 1. The Balaban J connectivity index is 4.87. The first kappa shape index (κ1) is 18.5. The normalized spacial score (nSPS) is 14.5. The van der Waals surface area contributed by atoms with Crippen molar-refractivity contribution in [2.45, 2.75) is 32.5 Å². The molecule has 0 saturated carbocycles. The fourth-order valence-electron chi connectivity index (χ4n) is 1.26. The van der Waals surface area contributed by atoms with E-state index in [0.29, 0.717) is 13.5 Å². The maximum Gasteiger partial charge on any atom is 0.422 e. The number of hydrogen-bond donors (Lipinski definition) is 2. The van der Waals surface area contributed by atoms with Crippen molar-refractivity contribution >= 4 is 12.0 Å². The van der Waals surface area contributed by atoms with Crippen LogP contribution in [0.15, 0.2) is 0 Å². The quantitative estimate of drug-likeness (QED) is 0.698. The average molecular weight is 300 g/mol. The fraction of sp³-hybridized carbons (Fsp3) is 0.818. The molecule has 2 amide bonds. The number of carbonyl (C=O) groups excluding carboxylic acids is 1. The monoisotopic (exact) mass is 300 g/mol. The second-order valence-electron chi connectivity index (χ2n) is 4.13. The SMILES string of the molecule is CCOCCN(CC)C(=O)NC(C)(C(=O)O)C(F)(F)F. The van der Waals surface area contributed by atoms with Gasteiger partial charge in [0.15, 0.2) is 0 Å². The van der Waals surface area contributed by atoms with Crippen LogP contribution < -0.4 is 5.32 Å². The van der Waals surface area contributed by atoms with Gasteiger partial charge in [-0.1, -0.05) is 0 Å². The molecule has 0 radical (unpaired) electrons. The van der Waals surface area contributed by atoms with Crippen LogP contribution >= 0.6 is 0 Å². The molecule has 6 nitrogen and oxygen atoms in total. The summed E-state index contributed by atoms with van der Waals surface area (Å²) in [6, 6.07) is -1.10. The smallest absolute Gasteiger partial charge is 0.422 e. The molecule has 1 unspecified atom stereocenters. The molecular weight excluding hydrogens is 281 g/mol. The van der Waals surface area contributed by atoms with Gasteiger partial charge >= 0.3 is 18.2 Å². The number of amides is 2. The molecule has 0 saturated heterocycles. The molecule has 2 N–H and O–H groups in total. The van der Waals surface area contributed by atoms with Gasteiger partial charge < -0.3 is 20.1 Å². The molecule has 0 rings (SSSR count). The first-order chi connectivity index (χ1) is 9.10. The summed E-state index contributed by atoms with van der Waals surface area (Å²) in [5.74, 6) is -2.17. The highest BCUT2D eigenvalue weighted by Crippen LogP contribution is 2.30. The van der Waals surface area contributed by atoms with Crippen molar-refractivity contribution < 1.29 is 32.6 Å². The van der Waals surface area contributed by atoms with Crippen molar-refractivity contribution in [2.75, 3.05) is 26.3 Å². The number of carbonyl (C=O) groups is 2. The van der Waals surface area contributed by atoms with Crippen molar-refractivity contribution in [3.8, 4) is 0 Å². The number of rotatable bonds is 7. The number of nitrogens with one attached hydrogen (secondary N) is 1. The van der Waals surface area contributed by atoms with E-state index in [0.717, 1.165) is 4.90 Å². The maximum absolute atomic E-state index is 12.8. The lowest BCUT2D eigenvalue weighted by molar-refractivity contribution is -0.203. The highest BCUT2D eigenvalue weighted by molar-refractivity contribution is 5.86. The van der Waals surface area contributed by atoms with Crippen molar-refractivity contribution in [1.29, 1.82) is 0 Å². The van der Waals surface area contributed by atoms with Gasteiger partial charge in [-0.05, 0) is 20.8 Å². The second kappa shape index (κ2) is 7.32. The lowest BCUT2D eigenvalue weighted by atomic mass is 10.0. The molecular formula is C11H19F3N2O4. The number of hydrogen-bond acceptors (Lipinski definition) is 3. The standard InChI is InChI=1S/C11H19F3N2O4/c1-4-16(6-7-20-5-2)9(19)15-10(3,8(17)18)11(12,13)14/h4-7H2,1-3H3,(H,15,19)(H,17,18). The molecule has 0 aromatic rings. The first-order valence-corrected chi connectivity index (χ1v) is 6.05. The summed E-state index contributed by atoms with van der Waals surface area (Å²) in [6.07, 6.45) is -5.10. The largest absolute Gasteiger partial charge is 0.479 e. The predicted molar refractivity (Wildman–Crippen MR) is 64.4 cm³/mol. The van der Waals surface area contributed by atoms with Crippen LogP contribution in [-0.2, 0) is 9.53 Å². The summed E-state index contributed by atoms with van der Waals surface area (Å²) in [7, 11) is 0. The molecule has 20 heavy (non-hydrogen) atoms. The number of aliphatic carboxylic acids is 1. The van der Waals surface area contributed by atoms with E-state index in [9.17, 15) is 22.8 Å². The van der Waals surface area contributed by atoms with Crippen molar-refractivity contribution in [3.63, 3.8) is 0 Å². The summed E-state index contributed by atoms with van der Waals surface area (Å²) >= 11 is 0. The number of carboxylic acids is 1. The van der Waals surface area contributed by atoms with Gasteiger partial charge in [-0.3, -0.25) is 0 Å². The van der Waals surface area contributed by atoms with Gasteiger partial charge in [0.25, 0.3) is 0 Å². The van der Waals surface area contributed by atoms with Crippen LogP contribution in [0.5, 0.6) is 0 Å². The Labute approximate surface area is 114 Å². The van der Waals surface area contributed by atoms with E-state index >= 15 is 0 Å². The zero-order valence-corrected chi connectivity index (χ0v) is 11.6. The van der Waals surface area contributed by atoms with Crippen LogP contribution in [0.3, 0.4) is 0 Å². The van der Waals surface area contributed by atoms with Crippen LogP contribution in [0.1, 0.15) is 20.8 Å². The van der Waals surface area contributed by atoms with Gasteiger partial charge in [0.2, 0.25) is 5.54 Å². The summed E-state index contributed by atoms with van der Waals surface area (Å²) < 4.78 is 43.3. The van der Waals surface area contributed by atoms with E-state index in [2.05, 4.69) is 0 Å². The van der Waals surface area contributed by atoms with Crippen molar-refractivity contribution in [3.05, 3.63) is 0 Å². The molecule has 0 heterocycles. The topological polar surface area (TPSA) is 78.9 Å². The minimum absolute atomic E-state index is 0.0731. The Hall–Kier alpha value is -1.51. The Bertz CT molecular complexity index is 349. The van der Waals surface area contributed by atoms with Gasteiger partial charge in [-0.25, -0.2) is 9.59 Å². The van der Waals surface area contributed by atoms with Crippen molar-refractivity contribution in [2.24, 2.45) is 0 Å². The number of halogens is 3. The van der Waals surface area contributed by atoms with Crippen LogP contribution in [0.25, 0.3) is 0 Å². The minimum atomic E-state index is -5.10. The number of ether oxygens (including phenoxy) is 1. The lowest BCUT2D eigenvalue weighted by Gasteiger charge is -2.31. The average Bonchev–Trinajstić information content (AvgIpc) is 2.32. The highest BCUT2D eigenvalue weighted by Gasteiger charge is 2.58. The third-order valence-electron chi connectivity index (χ3n) is 2.73. The van der Waals surface area contributed by atoms with E-state index in [-0.39, 0.29) is 19.7 Å². The zero-order chi connectivity index (χ0) is 16.0. The van der Waals surface area contributed by atoms with E-state index in [1.54, 1.807) is 13.8 Å². The summed E-state index contributed by atoms with van der Waals surface area (Å²) in [5, 5.41) is 10.2. The third-order valence-corrected chi connectivity index (χ3v) is 2.73. The Kier molecular flexibility index (Phi) is 6.77.